The number of hydrogen-bond donors (Lipinski definition) is 0. The summed E-state index contributed by atoms with van der Waals surface area (Å²) >= 11 is 0. The molecular weight excluding hydrogens is 797 g/mol. The maximum atomic E-state index is 2.72. The molecule has 0 fully saturated rings. The van der Waals surface area contributed by atoms with Gasteiger partial charge in [-0.25, -0.2) is 0 Å². The van der Waals surface area contributed by atoms with Gasteiger partial charge in [-0.05, 0) is 149 Å². The van der Waals surface area contributed by atoms with E-state index in [1.807, 2.05) is 0 Å². The average Bonchev–Trinajstić information content (AvgIpc) is 3.94. The zero-order valence-corrected chi connectivity index (χ0v) is 38.4. The van der Waals surface area contributed by atoms with Crippen LogP contribution >= 0.6 is 0 Å². The first kappa shape index (κ1) is 39.9. The van der Waals surface area contributed by atoms with Gasteiger partial charge in [0.05, 0.1) is 6.04 Å². The number of nitrogens with zero attached hydrogens (tertiary/aromatic N) is 2. The molecule has 0 saturated heterocycles. The second kappa shape index (κ2) is 15.6. The highest BCUT2D eigenvalue weighted by Gasteiger charge is 2.64. The molecule has 0 N–H and O–H groups in total. The molecule has 9 aliphatic rings. The standard InChI is InChI=1S/C64H60N2/c1-63(2)55-28-15-12-25-50(55)52-39-38-49(41-59(52)63)66(46-23-10-5-11-24-46)61-32-18-31-58-62(61)54-27-14-17-30-57(54)64(58)56-29-16-13-26-51(56)53-40-37-48(42-60(53)64)65(45-21-8-4-9-22-45)47-35-33-44(34-36-47)43-19-6-3-7-20-43/h3-4,6,8-10,12-19,21-33,35,37-41,48,50,53,55,58,60,62H,5,7,11,20,34,36,42H2,1-2H3. The minimum Gasteiger partial charge on any atom is -0.338 e. The third kappa shape index (κ3) is 5.92. The van der Waals surface area contributed by atoms with Crippen LogP contribution in [0.15, 0.2) is 229 Å². The van der Waals surface area contributed by atoms with E-state index in [1.54, 1.807) is 0 Å². The fraction of sp³-hybridized carbons (Fsp3) is 0.281. The fourth-order valence-corrected chi connectivity index (χ4v) is 14.6. The van der Waals surface area contributed by atoms with Crippen molar-refractivity contribution in [1.29, 1.82) is 0 Å². The molecule has 13 rings (SSSR count). The Morgan fingerprint density at radius 1 is 0.545 bits per heavy atom. The smallest absolute Gasteiger partial charge is 0.0522 e. The van der Waals surface area contributed by atoms with Gasteiger partial charge in [-0.2, -0.15) is 0 Å². The number of benzene rings is 4. The van der Waals surface area contributed by atoms with Crippen LogP contribution in [0, 0.1) is 17.8 Å². The topological polar surface area (TPSA) is 6.48 Å². The Labute approximate surface area is 392 Å². The first-order valence-electron chi connectivity index (χ1n) is 25.0. The van der Waals surface area contributed by atoms with Crippen LogP contribution in [0.5, 0.6) is 0 Å². The minimum absolute atomic E-state index is 0.0329. The number of para-hydroxylation sites is 1. The molecule has 9 aliphatic carbocycles. The summed E-state index contributed by atoms with van der Waals surface area (Å²) in [5.41, 5.74) is 18.6. The van der Waals surface area contributed by atoms with Gasteiger partial charge in [-0.1, -0.05) is 172 Å². The maximum Gasteiger partial charge on any atom is 0.0522 e. The number of rotatable bonds is 7. The highest BCUT2D eigenvalue weighted by atomic mass is 15.2. The van der Waals surface area contributed by atoms with Crippen molar-refractivity contribution >= 4 is 11.4 Å². The van der Waals surface area contributed by atoms with E-state index in [2.05, 4.69) is 224 Å². The lowest BCUT2D eigenvalue weighted by atomic mass is 9.59. The number of allylic oxidation sites excluding steroid dienone is 20. The predicted octanol–water partition coefficient (Wildman–Crippen LogP) is 15.4. The van der Waals surface area contributed by atoms with E-state index in [4.69, 9.17) is 0 Å². The van der Waals surface area contributed by atoms with Crippen LogP contribution < -0.4 is 9.80 Å². The molecule has 1 spiro atoms. The highest BCUT2D eigenvalue weighted by molar-refractivity contribution is 5.72. The Balaban J connectivity index is 0.935. The molecule has 0 aromatic heterocycles. The lowest BCUT2D eigenvalue weighted by Crippen LogP contribution is -2.46. The van der Waals surface area contributed by atoms with Crippen LogP contribution in [-0.4, -0.2) is 6.04 Å². The summed E-state index contributed by atoms with van der Waals surface area (Å²) in [6, 6.07) is 38.2. The van der Waals surface area contributed by atoms with Crippen LogP contribution in [0.4, 0.5) is 11.4 Å². The Morgan fingerprint density at radius 3 is 2.12 bits per heavy atom. The average molecular weight is 857 g/mol. The van der Waals surface area contributed by atoms with Crippen LogP contribution in [0.3, 0.4) is 0 Å². The van der Waals surface area contributed by atoms with Gasteiger partial charge in [0, 0.05) is 57.6 Å². The Bertz CT molecular complexity index is 2990. The van der Waals surface area contributed by atoms with E-state index in [-0.39, 0.29) is 28.7 Å². The summed E-state index contributed by atoms with van der Waals surface area (Å²) in [6.45, 7) is 4.93. The van der Waals surface area contributed by atoms with Crippen LogP contribution in [-0.2, 0) is 10.8 Å². The second-order valence-corrected chi connectivity index (χ2v) is 20.8. The van der Waals surface area contributed by atoms with Crippen molar-refractivity contribution in [1.82, 2.24) is 0 Å². The third-order valence-electron chi connectivity index (χ3n) is 17.4. The molecule has 2 heteroatoms. The van der Waals surface area contributed by atoms with E-state index >= 15 is 0 Å². The molecule has 2 nitrogen and oxygen atoms in total. The van der Waals surface area contributed by atoms with Gasteiger partial charge in [-0.3, -0.25) is 0 Å². The Hall–Kier alpha value is -6.38. The number of anilines is 2. The normalized spacial score (nSPS) is 30.0. The SMILES string of the molecule is CC1(C)c2cc(N(C3=CCCC=C3)C3=CC=CC4C3c3ccccc3C43c4ccccc4C4C=CC(N(C5=CC=C(C6=CC=CCC6)CC5)c5ccccc5)CC43)ccc2C2C=CC=CC21. The quantitative estimate of drug-likeness (QED) is 0.171. The zero-order chi connectivity index (χ0) is 44.0. The molecule has 8 atom stereocenters. The van der Waals surface area contributed by atoms with Crippen LogP contribution in [0.25, 0.3) is 0 Å². The van der Waals surface area contributed by atoms with E-state index in [0.717, 1.165) is 44.9 Å². The minimum atomic E-state index is -0.199. The van der Waals surface area contributed by atoms with Gasteiger partial charge in [0.15, 0.2) is 0 Å². The lowest BCUT2D eigenvalue weighted by molar-refractivity contribution is 0.235. The third-order valence-corrected chi connectivity index (χ3v) is 17.4. The molecule has 8 unspecified atom stereocenters. The number of fused-ring (bicyclic) bond motifs is 13. The maximum absolute atomic E-state index is 2.72. The predicted molar refractivity (Wildman–Crippen MR) is 275 cm³/mol. The monoisotopic (exact) mass is 856 g/mol. The van der Waals surface area contributed by atoms with Crippen molar-refractivity contribution in [2.45, 2.75) is 93.4 Å². The fourth-order valence-electron chi connectivity index (χ4n) is 14.6. The zero-order valence-electron chi connectivity index (χ0n) is 38.4. The lowest BCUT2D eigenvalue weighted by Gasteiger charge is -2.47. The molecular formula is C64H60N2. The summed E-state index contributed by atoms with van der Waals surface area (Å²) in [4.78, 5) is 5.39. The summed E-state index contributed by atoms with van der Waals surface area (Å²) in [6.07, 6.45) is 48.8. The highest BCUT2D eigenvalue weighted by Crippen LogP contribution is 2.70. The van der Waals surface area contributed by atoms with Crippen molar-refractivity contribution < 1.29 is 0 Å². The largest absolute Gasteiger partial charge is 0.338 e. The van der Waals surface area contributed by atoms with E-state index in [0.29, 0.717) is 23.7 Å². The summed E-state index contributed by atoms with van der Waals surface area (Å²) in [7, 11) is 0. The molecule has 0 saturated carbocycles. The van der Waals surface area contributed by atoms with Crippen molar-refractivity contribution in [2.24, 2.45) is 17.8 Å². The van der Waals surface area contributed by atoms with E-state index in [1.165, 1.54) is 73.0 Å². The molecule has 66 heavy (non-hydrogen) atoms. The molecule has 326 valence electrons. The van der Waals surface area contributed by atoms with E-state index in [9.17, 15) is 0 Å². The summed E-state index contributed by atoms with van der Waals surface area (Å²) in [5.74, 6) is 2.05. The van der Waals surface area contributed by atoms with Gasteiger partial charge in [0.25, 0.3) is 0 Å². The van der Waals surface area contributed by atoms with Crippen molar-refractivity contribution in [3.05, 3.63) is 262 Å². The summed E-state index contributed by atoms with van der Waals surface area (Å²) in [5, 5.41) is 0. The van der Waals surface area contributed by atoms with Crippen molar-refractivity contribution in [2.75, 3.05) is 9.80 Å². The molecule has 0 heterocycles. The van der Waals surface area contributed by atoms with E-state index < -0.39 is 0 Å². The van der Waals surface area contributed by atoms with Gasteiger partial charge < -0.3 is 9.80 Å². The Morgan fingerprint density at radius 2 is 1.32 bits per heavy atom. The Kier molecular flexibility index (Phi) is 9.45. The van der Waals surface area contributed by atoms with Gasteiger partial charge in [-0.15, -0.1) is 0 Å². The molecule has 0 aliphatic heterocycles. The molecule has 0 radical (unpaired) electrons. The van der Waals surface area contributed by atoms with Gasteiger partial charge in [0.2, 0.25) is 0 Å². The molecule has 4 aromatic rings. The molecule has 4 aromatic carbocycles. The summed E-state index contributed by atoms with van der Waals surface area (Å²) < 4.78 is 0. The molecule has 0 bridgehead atoms. The van der Waals surface area contributed by atoms with Crippen LogP contribution in [0.2, 0.25) is 0 Å². The van der Waals surface area contributed by atoms with Crippen molar-refractivity contribution in [3.8, 4) is 0 Å². The number of hydrogen-bond acceptors (Lipinski definition) is 2. The first-order chi connectivity index (χ1) is 32.5. The van der Waals surface area contributed by atoms with Crippen LogP contribution in [0.1, 0.15) is 110 Å². The van der Waals surface area contributed by atoms with Gasteiger partial charge in [0.1, 0.15) is 0 Å². The van der Waals surface area contributed by atoms with Gasteiger partial charge >= 0.3 is 0 Å². The second-order valence-electron chi connectivity index (χ2n) is 20.8. The first-order valence-corrected chi connectivity index (χ1v) is 25.0. The van der Waals surface area contributed by atoms with Crippen molar-refractivity contribution in [3.63, 3.8) is 0 Å². The molecule has 0 amide bonds.